The topological polar surface area (TPSA) is 44.4 Å². The molecule has 1 aromatic rings. The van der Waals surface area contributed by atoms with Crippen LogP contribution in [0.3, 0.4) is 0 Å². The molecule has 0 aliphatic carbocycles. The number of amides is 1. The third kappa shape index (κ3) is 4.83. The Kier molecular flexibility index (Phi) is 7.98. The average molecular weight is 352 g/mol. The minimum Gasteiger partial charge on any atom is -0.355 e. The van der Waals surface area contributed by atoms with Crippen LogP contribution in [0.4, 0.5) is 0 Å². The third-order valence-corrected chi connectivity index (χ3v) is 5.07. The molecule has 2 aliphatic rings. The second-order valence-corrected chi connectivity index (χ2v) is 6.38. The first-order valence-electron chi connectivity index (χ1n) is 7.09. The number of hydrogen-bond donors (Lipinski definition) is 2. The van der Waals surface area contributed by atoms with Gasteiger partial charge in [-0.25, -0.2) is 0 Å². The van der Waals surface area contributed by atoms with Gasteiger partial charge in [-0.15, -0.1) is 36.2 Å². The van der Waals surface area contributed by atoms with E-state index in [0.717, 1.165) is 52.1 Å². The van der Waals surface area contributed by atoms with E-state index < -0.39 is 0 Å². The van der Waals surface area contributed by atoms with Gasteiger partial charge in [-0.3, -0.25) is 9.69 Å². The van der Waals surface area contributed by atoms with Gasteiger partial charge in [0.1, 0.15) is 0 Å². The highest BCUT2D eigenvalue weighted by Gasteiger charge is 2.22. The minimum atomic E-state index is 0. The molecule has 0 saturated carbocycles. The zero-order chi connectivity index (χ0) is 13.1. The van der Waals surface area contributed by atoms with E-state index in [-0.39, 0.29) is 36.6 Å². The van der Waals surface area contributed by atoms with E-state index in [1.165, 1.54) is 10.4 Å². The molecule has 2 N–H and O–H groups in total. The van der Waals surface area contributed by atoms with Crippen molar-refractivity contribution in [1.82, 2.24) is 15.5 Å². The molecular weight excluding hydrogens is 329 g/mol. The molecule has 0 aromatic carbocycles. The largest absolute Gasteiger partial charge is 0.355 e. The predicted molar refractivity (Wildman–Crippen MR) is 91.8 cm³/mol. The monoisotopic (exact) mass is 351 g/mol. The van der Waals surface area contributed by atoms with Gasteiger partial charge in [0.25, 0.3) is 0 Å². The number of carbonyl (C=O) groups excluding carboxylic acids is 1. The van der Waals surface area contributed by atoms with E-state index in [9.17, 15) is 4.79 Å². The maximum absolute atomic E-state index is 11.9. The highest BCUT2D eigenvalue weighted by Crippen LogP contribution is 2.23. The Bertz CT molecular complexity index is 449. The first-order chi connectivity index (χ1) is 9.33. The maximum atomic E-state index is 11.9. The van der Waals surface area contributed by atoms with Gasteiger partial charge in [0, 0.05) is 37.6 Å². The molecule has 1 fully saturated rings. The van der Waals surface area contributed by atoms with Crippen LogP contribution in [0.15, 0.2) is 11.4 Å². The van der Waals surface area contributed by atoms with Crippen molar-refractivity contribution in [2.24, 2.45) is 5.92 Å². The van der Waals surface area contributed by atoms with Crippen LogP contribution >= 0.6 is 36.2 Å². The molecule has 120 valence electrons. The Balaban J connectivity index is 0.00000110. The lowest BCUT2D eigenvalue weighted by molar-refractivity contribution is -0.124. The molecule has 3 heterocycles. The molecule has 1 amide bonds. The summed E-state index contributed by atoms with van der Waals surface area (Å²) in [5, 5.41) is 8.49. The first kappa shape index (κ1) is 18.7. The summed E-state index contributed by atoms with van der Waals surface area (Å²) < 4.78 is 0. The first-order valence-corrected chi connectivity index (χ1v) is 7.97. The molecule has 1 aromatic heterocycles. The van der Waals surface area contributed by atoms with E-state index in [0.29, 0.717) is 0 Å². The van der Waals surface area contributed by atoms with Gasteiger partial charge >= 0.3 is 0 Å². The van der Waals surface area contributed by atoms with Crippen molar-refractivity contribution >= 4 is 42.1 Å². The van der Waals surface area contributed by atoms with Crippen molar-refractivity contribution in [3.63, 3.8) is 0 Å². The summed E-state index contributed by atoms with van der Waals surface area (Å²) in [5.74, 6) is 0.406. The third-order valence-electron chi connectivity index (χ3n) is 4.05. The van der Waals surface area contributed by atoms with Crippen molar-refractivity contribution < 1.29 is 4.79 Å². The summed E-state index contributed by atoms with van der Waals surface area (Å²) in [7, 11) is 0. The fraction of sp³-hybridized carbons (Fsp3) is 0.643. The molecule has 4 nitrogen and oxygen atoms in total. The standard InChI is InChI=1S/C14H21N3OS.2ClH/c18-14(11-1-4-15-9-11)16-5-7-17-6-2-13-12(10-17)3-8-19-13;;/h3,8,11,15H,1-2,4-7,9-10H2,(H,16,18);2*1H. The van der Waals surface area contributed by atoms with Crippen LogP contribution < -0.4 is 10.6 Å². The van der Waals surface area contributed by atoms with Gasteiger partial charge in [-0.2, -0.15) is 0 Å². The zero-order valence-electron chi connectivity index (χ0n) is 12.0. The van der Waals surface area contributed by atoms with Crippen molar-refractivity contribution in [2.75, 3.05) is 32.7 Å². The Hall–Kier alpha value is -0.330. The smallest absolute Gasteiger partial charge is 0.224 e. The summed E-state index contributed by atoms with van der Waals surface area (Å²) in [6, 6.07) is 2.23. The number of nitrogens with zero attached hydrogens (tertiary/aromatic N) is 1. The molecule has 1 atom stereocenters. The summed E-state index contributed by atoms with van der Waals surface area (Å²) in [4.78, 5) is 15.8. The number of carbonyl (C=O) groups is 1. The SMILES string of the molecule is Cl.Cl.O=C(NCCN1CCc2sccc2C1)C1CCNC1. The van der Waals surface area contributed by atoms with Crippen molar-refractivity contribution in [2.45, 2.75) is 19.4 Å². The second kappa shape index (κ2) is 8.96. The Labute approximate surface area is 142 Å². The molecule has 21 heavy (non-hydrogen) atoms. The number of rotatable bonds is 4. The van der Waals surface area contributed by atoms with Crippen LogP contribution in [0.2, 0.25) is 0 Å². The normalized spacial score (nSPS) is 21.0. The van der Waals surface area contributed by atoms with E-state index in [1.54, 1.807) is 0 Å². The molecule has 0 radical (unpaired) electrons. The highest BCUT2D eigenvalue weighted by molar-refractivity contribution is 7.10. The van der Waals surface area contributed by atoms with Crippen LogP contribution in [-0.4, -0.2) is 43.5 Å². The van der Waals surface area contributed by atoms with E-state index in [2.05, 4.69) is 27.0 Å². The molecule has 2 aliphatic heterocycles. The van der Waals surface area contributed by atoms with Crippen molar-refractivity contribution in [3.8, 4) is 0 Å². The number of fused-ring (bicyclic) bond motifs is 1. The number of hydrogen-bond acceptors (Lipinski definition) is 4. The lowest BCUT2D eigenvalue weighted by atomic mass is 10.1. The number of thiophene rings is 1. The van der Waals surface area contributed by atoms with Crippen molar-refractivity contribution in [3.05, 3.63) is 21.9 Å². The van der Waals surface area contributed by atoms with Gasteiger partial charge in [0.2, 0.25) is 5.91 Å². The predicted octanol–water partition coefficient (Wildman–Crippen LogP) is 1.68. The summed E-state index contributed by atoms with van der Waals surface area (Å²) in [6.45, 7) is 5.71. The van der Waals surface area contributed by atoms with Crippen LogP contribution in [0, 0.1) is 5.92 Å². The Morgan fingerprint density at radius 3 is 3.10 bits per heavy atom. The Morgan fingerprint density at radius 2 is 2.33 bits per heavy atom. The lowest BCUT2D eigenvalue weighted by Crippen LogP contribution is -2.39. The molecule has 0 spiro atoms. The molecular formula is C14H23Cl2N3OS. The average Bonchev–Trinajstić information content (AvgIpc) is 3.09. The number of nitrogens with one attached hydrogen (secondary N) is 2. The molecule has 0 bridgehead atoms. The van der Waals surface area contributed by atoms with E-state index in [4.69, 9.17) is 0 Å². The summed E-state index contributed by atoms with van der Waals surface area (Å²) in [5.41, 5.74) is 1.47. The zero-order valence-corrected chi connectivity index (χ0v) is 14.4. The fourth-order valence-corrected chi connectivity index (χ4v) is 3.75. The lowest BCUT2D eigenvalue weighted by Gasteiger charge is -2.26. The van der Waals surface area contributed by atoms with E-state index >= 15 is 0 Å². The second-order valence-electron chi connectivity index (χ2n) is 5.38. The van der Waals surface area contributed by atoms with Crippen LogP contribution in [0.25, 0.3) is 0 Å². The minimum absolute atomic E-state index is 0. The van der Waals surface area contributed by atoms with Crippen LogP contribution in [0.5, 0.6) is 0 Å². The molecule has 1 unspecified atom stereocenters. The quantitative estimate of drug-likeness (QED) is 0.867. The van der Waals surface area contributed by atoms with Crippen LogP contribution in [0.1, 0.15) is 16.9 Å². The van der Waals surface area contributed by atoms with Gasteiger partial charge < -0.3 is 10.6 Å². The fourth-order valence-electron chi connectivity index (χ4n) is 2.86. The van der Waals surface area contributed by atoms with E-state index in [1.807, 2.05) is 11.3 Å². The number of halogens is 2. The Morgan fingerprint density at radius 1 is 1.48 bits per heavy atom. The van der Waals surface area contributed by atoms with Gasteiger partial charge in [-0.05, 0) is 36.4 Å². The summed E-state index contributed by atoms with van der Waals surface area (Å²) in [6.07, 6.45) is 2.14. The molecule has 7 heteroatoms. The summed E-state index contributed by atoms with van der Waals surface area (Å²) >= 11 is 1.87. The van der Waals surface area contributed by atoms with Gasteiger partial charge in [0.15, 0.2) is 0 Å². The van der Waals surface area contributed by atoms with Gasteiger partial charge in [-0.1, -0.05) is 0 Å². The highest BCUT2D eigenvalue weighted by atomic mass is 35.5. The van der Waals surface area contributed by atoms with Crippen molar-refractivity contribution in [1.29, 1.82) is 0 Å². The molecule has 1 saturated heterocycles. The van der Waals surface area contributed by atoms with Crippen LogP contribution in [-0.2, 0) is 17.8 Å². The van der Waals surface area contributed by atoms with Gasteiger partial charge in [0.05, 0.1) is 5.92 Å². The maximum Gasteiger partial charge on any atom is 0.224 e. The molecule has 3 rings (SSSR count).